The Morgan fingerprint density at radius 2 is 2.00 bits per heavy atom. The van der Waals surface area contributed by atoms with Gasteiger partial charge < -0.3 is 10.8 Å². The van der Waals surface area contributed by atoms with E-state index in [9.17, 15) is 13.2 Å². The standard InChI is InChI=1S/C12H16N2O4S/c13-7-9-5-6-14(8-9)19(17,18)11-3-1-10(2-4-11)12(15)16/h1-4,9H,5-8,13H2,(H,15,16). The molecule has 0 aromatic heterocycles. The van der Waals surface area contributed by atoms with E-state index in [-0.39, 0.29) is 16.4 Å². The number of benzene rings is 1. The third kappa shape index (κ3) is 2.78. The van der Waals surface area contributed by atoms with Gasteiger partial charge in [-0.1, -0.05) is 0 Å². The molecule has 3 N–H and O–H groups in total. The minimum atomic E-state index is -3.54. The summed E-state index contributed by atoms with van der Waals surface area (Å²) in [6, 6.07) is 5.25. The average molecular weight is 284 g/mol. The minimum Gasteiger partial charge on any atom is -0.478 e. The number of carboxylic acids is 1. The van der Waals surface area contributed by atoms with Crippen molar-refractivity contribution in [3.8, 4) is 0 Å². The van der Waals surface area contributed by atoms with Gasteiger partial charge in [0.15, 0.2) is 0 Å². The van der Waals surface area contributed by atoms with E-state index in [4.69, 9.17) is 10.8 Å². The lowest BCUT2D eigenvalue weighted by Gasteiger charge is -2.16. The van der Waals surface area contributed by atoms with Crippen LogP contribution in [0.3, 0.4) is 0 Å². The first-order valence-electron chi connectivity index (χ1n) is 5.98. The maximum atomic E-state index is 12.3. The number of carbonyl (C=O) groups is 1. The monoisotopic (exact) mass is 284 g/mol. The molecular formula is C12H16N2O4S. The third-order valence-corrected chi connectivity index (χ3v) is 5.20. The number of sulfonamides is 1. The SMILES string of the molecule is NCC1CCN(S(=O)(=O)c2ccc(C(=O)O)cc2)C1. The van der Waals surface area contributed by atoms with Crippen LogP contribution in [0.2, 0.25) is 0 Å². The van der Waals surface area contributed by atoms with E-state index in [1.807, 2.05) is 0 Å². The molecular weight excluding hydrogens is 268 g/mol. The summed E-state index contributed by atoms with van der Waals surface area (Å²) in [5.41, 5.74) is 5.61. The number of hydrogen-bond acceptors (Lipinski definition) is 4. The second-order valence-electron chi connectivity index (χ2n) is 4.58. The third-order valence-electron chi connectivity index (χ3n) is 3.32. The van der Waals surface area contributed by atoms with Gasteiger partial charge in [0.2, 0.25) is 10.0 Å². The van der Waals surface area contributed by atoms with Gasteiger partial charge in [-0.2, -0.15) is 4.31 Å². The van der Waals surface area contributed by atoms with E-state index in [2.05, 4.69) is 0 Å². The van der Waals surface area contributed by atoms with Gasteiger partial charge in [0.05, 0.1) is 10.5 Å². The molecule has 1 atom stereocenters. The summed E-state index contributed by atoms with van der Waals surface area (Å²) in [6.07, 6.45) is 0.767. The molecule has 1 fully saturated rings. The Kier molecular flexibility index (Phi) is 3.88. The van der Waals surface area contributed by atoms with Crippen LogP contribution in [-0.4, -0.2) is 43.4 Å². The van der Waals surface area contributed by atoms with Gasteiger partial charge in [0, 0.05) is 13.1 Å². The smallest absolute Gasteiger partial charge is 0.335 e. The van der Waals surface area contributed by atoms with Gasteiger partial charge in [-0.05, 0) is 43.1 Å². The second-order valence-corrected chi connectivity index (χ2v) is 6.52. The molecule has 7 heteroatoms. The van der Waals surface area contributed by atoms with Crippen molar-refractivity contribution in [2.75, 3.05) is 19.6 Å². The fourth-order valence-corrected chi connectivity index (χ4v) is 3.66. The largest absolute Gasteiger partial charge is 0.478 e. The normalized spacial score (nSPS) is 20.6. The molecule has 104 valence electrons. The fourth-order valence-electron chi connectivity index (χ4n) is 2.13. The van der Waals surface area contributed by atoms with Gasteiger partial charge in [-0.15, -0.1) is 0 Å². The topological polar surface area (TPSA) is 101 Å². The predicted molar refractivity (Wildman–Crippen MR) is 69.3 cm³/mol. The van der Waals surface area contributed by atoms with Crippen LogP contribution in [0.5, 0.6) is 0 Å². The molecule has 6 nitrogen and oxygen atoms in total. The summed E-state index contributed by atoms with van der Waals surface area (Å²) in [4.78, 5) is 10.8. The Morgan fingerprint density at radius 1 is 1.37 bits per heavy atom. The van der Waals surface area contributed by atoms with Crippen LogP contribution in [0, 0.1) is 5.92 Å². The first-order chi connectivity index (χ1) is 8.95. The molecule has 0 amide bonds. The van der Waals surface area contributed by atoms with Crippen LogP contribution in [0.25, 0.3) is 0 Å². The highest BCUT2D eigenvalue weighted by Crippen LogP contribution is 2.23. The first kappa shape index (κ1) is 14.0. The van der Waals surface area contributed by atoms with E-state index in [1.54, 1.807) is 0 Å². The van der Waals surface area contributed by atoms with E-state index in [0.717, 1.165) is 6.42 Å². The van der Waals surface area contributed by atoms with Crippen molar-refractivity contribution in [1.29, 1.82) is 0 Å². The highest BCUT2D eigenvalue weighted by molar-refractivity contribution is 7.89. The molecule has 0 aliphatic carbocycles. The lowest BCUT2D eigenvalue weighted by molar-refractivity contribution is 0.0696. The highest BCUT2D eigenvalue weighted by atomic mass is 32.2. The van der Waals surface area contributed by atoms with E-state index < -0.39 is 16.0 Å². The quantitative estimate of drug-likeness (QED) is 0.831. The molecule has 0 bridgehead atoms. The molecule has 0 saturated carbocycles. The van der Waals surface area contributed by atoms with Crippen molar-refractivity contribution >= 4 is 16.0 Å². The zero-order chi connectivity index (χ0) is 14.0. The Balaban J connectivity index is 2.22. The van der Waals surface area contributed by atoms with Crippen molar-refractivity contribution < 1.29 is 18.3 Å². The van der Waals surface area contributed by atoms with Gasteiger partial charge in [-0.3, -0.25) is 0 Å². The number of aromatic carboxylic acids is 1. The van der Waals surface area contributed by atoms with Crippen molar-refractivity contribution in [3.05, 3.63) is 29.8 Å². The lowest BCUT2D eigenvalue weighted by Crippen LogP contribution is -2.30. The number of nitrogens with zero attached hydrogens (tertiary/aromatic N) is 1. The second kappa shape index (κ2) is 5.28. The van der Waals surface area contributed by atoms with Crippen LogP contribution in [0.4, 0.5) is 0 Å². The van der Waals surface area contributed by atoms with Crippen LogP contribution < -0.4 is 5.73 Å². The zero-order valence-corrected chi connectivity index (χ0v) is 11.1. The zero-order valence-electron chi connectivity index (χ0n) is 10.3. The average Bonchev–Trinajstić information content (AvgIpc) is 2.88. The molecule has 2 rings (SSSR count). The van der Waals surface area contributed by atoms with Gasteiger partial charge in [-0.25, -0.2) is 13.2 Å². The Morgan fingerprint density at radius 3 is 2.47 bits per heavy atom. The maximum absolute atomic E-state index is 12.3. The first-order valence-corrected chi connectivity index (χ1v) is 7.42. The van der Waals surface area contributed by atoms with Crippen LogP contribution in [-0.2, 0) is 10.0 Å². The van der Waals surface area contributed by atoms with Gasteiger partial charge in [0.25, 0.3) is 0 Å². The Hall–Kier alpha value is -1.44. The molecule has 19 heavy (non-hydrogen) atoms. The van der Waals surface area contributed by atoms with Crippen LogP contribution in [0.1, 0.15) is 16.8 Å². The summed E-state index contributed by atoms with van der Waals surface area (Å²) in [5, 5.41) is 8.78. The number of nitrogens with two attached hydrogens (primary N) is 1. The maximum Gasteiger partial charge on any atom is 0.335 e. The molecule has 1 aromatic carbocycles. The summed E-state index contributed by atoms with van der Waals surface area (Å²) in [7, 11) is -3.54. The Bertz CT molecular complexity index is 568. The van der Waals surface area contributed by atoms with E-state index >= 15 is 0 Å². The summed E-state index contributed by atoms with van der Waals surface area (Å²) in [5.74, 6) is -0.874. The number of carboxylic acid groups (broad SMARTS) is 1. The van der Waals surface area contributed by atoms with E-state index in [0.29, 0.717) is 19.6 Å². The number of rotatable bonds is 4. The predicted octanol–water partition coefficient (Wildman–Crippen LogP) is 0.354. The molecule has 0 radical (unpaired) electrons. The Labute approximate surface area is 111 Å². The summed E-state index contributed by atoms with van der Waals surface area (Å²) >= 11 is 0. The fraction of sp³-hybridized carbons (Fsp3) is 0.417. The highest BCUT2D eigenvalue weighted by Gasteiger charge is 2.31. The molecule has 1 aliphatic heterocycles. The van der Waals surface area contributed by atoms with Crippen LogP contribution >= 0.6 is 0 Å². The molecule has 1 saturated heterocycles. The van der Waals surface area contributed by atoms with Crippen molar-refractivity contribution in [2.24, 2.45) is 11.7 Å². The molecule has 1 unspecified atom stereocenters. The van der Waals surface area contributed by atoms with Gasteiger partial charge in [0.1, 0.15) is 0 Å². The van der Waals surface area contributed by atoms with Crippen molar-refractivity contribution in [2.45, 2.75) is 11.3 Å². The van der Waals surface area contributed by atoms with Crippen molar-refractivity contribution in [1.82, 2.24) is 4.31 Å². The molecule has 0 spiro atoms. The molecule has 1 aromatic rings. The summed E-state index contributed by atoms with van der Waals surface area (Å²) < 4.78 is 26.0. The molecule has 1 heterocycles. The lowest BCUT2D eigenvalue weighted by atomic mass is 10.1. The van der Waals surface area contributed by atoms with Crippen LogP contribution in [0.15, 0.2) is 29.2 Å². The molecule has 1 aliphatic rings. The van der Waals surface area contributed by atoms with Crippen molar-refractivity contribution in [3.63, 3.8) is 0 Å². The summed E-state index contributed by atoms with van der Waals surface area (Å²) in [6.45, 7) is 1.37. The minimum absolute atomic E-state index is 0.0696. The van der Waals surface area contributed by atoms with E-state index in [1.165, 1.54) is 28.6 Å². The van der Waals surface area contributed by atoms with Gasteiger partial charge >= 0.3 is 5.97 Å². The number of hydrogen-bond donors (Lipinski definition) is 2.